The lowest BCUT2D eigenvalue weighted by Gasteiger charge is -2.50. The number of piperazine rings is 2. The van der Waals surface area contributed by atoms with Crippen LogP contribution in [-0.4, -0.2) is 161 Å². The van der Waals surface area contributed by atoms with Crippen LogP contribution in [0, 0.1) is 0 Å². The fourth-order valence-corrected chi connectivity index (χ4v) is 13.9. The standard InChI is InChI=1S/C33H47ClN8O4Si.C24H39BrN6O4Si/c1-9-40-19-24-25(36-40)14-13-23(27(24)34)28-26-29(41(37-28)20-45-15-16-47(6,7)8)35-31(38(5)30(26)43)42-21-11-10-12-22(42)18-39(17-21)32(44)46-33(2,3)4;1-24(2,3)35-23(33)29-13-16-9-8-10-17(14-29)31(16)22-26-20-18(21(32)28(22)4)19(25)27-30(20)15-34-11-12-36(5,6)7/h13-14,19,21-22H,9-12,15-18,20H2,1-8H3;16-17H,8-15H2,1-7H3. The number of rotatable bonds is 14. The number of halogens is 2. The zero-order valence-electron chi connectivity index (χ0n) is 51.3. The molecule has 5 aromatic heterocycles. The fraction of sp³-hybridized carbons (Fsp3) is 0.667. The van der Waals surface area contributed by atoms with Gasteiger partial charge in [-0.05, 0) is 127 Å². The number of hydrogen-bond acceptors (Lipinski definition) is 15. The van der Waals surface area contributed by atoms with Gasteiger partial charge in [0, 0.05) is 117 Å². The van der Waals surface area contributed by atoms with E-state index in [4.69, 9.17) is 45.6 Å². The maximum atomic E-state index is 14.4. The Morgan fingerprint density at radius 1 is 0.663 bits per heavy atom. The summed E-state index contributed by atoms with van der Waals surface area (Å²) in [6.45, 7) is 31.7. The van der Waals surface area contributed by atoms with Gasteiger partial charge in [-0.1, -0.05) is 50.9 Å². The van der Waals surface area contributed by atoms with E-state index in [2.05, 4.69) is 75.2 Å². The van der Waals surface area contributed by atoms with E-state index in [-0.39, 0.29) is 60.9 Å². The highest BCUT2D eigenvalue weighted by Gasteiger charge is 2.44. The van der Waals surface area contributed by atoms with Gasteiger partial charge in [-0.2, -0.15) is 25.3 Å². The first kappa shape index (κ1) is 62.2. The van der Waals surface area contributed by atoms with Crippen molar-refractivity contribution in [2.45, 2.75) is 194 Å². The van der Waals surface area contributed by atoms with Crippen LogP contribution in [0.3, 0.4) is 0 Å². The maximum absolute atomic E-state index is 14.4. The molecule has 0 N–H and O–H groups in total. The van der Waals surface area contributed by atoms with Crippen LogP contribution in [-0.2, 0) is 53.0 Å². The third-order valence-corrected chi connectivity index (χ3v) is 20.1. The second-order valence-corrected chi connectivity index (χ2v) is 39.6. The Kier molecular flexibility index (Phi) is 18.1. The number of fused-ring (bicyclic) bond motifs is 7. The van der Waals surface area contributed by atoms with Crippen molar-refractivity contribution < 1.29 is 28.5 Å². The van der Waals surface area contributed by atoms with Crippen LogP contribution in [0.25, 0.3) is 44.2 Å². The number of carbonyl (C=O) groups excluding carboxylic acids is 2. The summed E-state index contributed by atoms with van der Waals surface area (Å²) in [6, 6.07) is 5.98. The predicted octanol–water partition coefficient (Wildman–Crippen LogP) is 10.3. The summed E-state index contributed by atoms with van der Waals surface area (Å²) in [5.74, 6) is 1.18. The molecular formula is C57H86BrClN14O8Si2. The first-order chi connectivity index (χ1) is 38.9. The van der Waals surface area contributed by atoms with Crippen molar-refractivity contribution in [3.8, 4) is 11.3 Å². The third-order valence-electron chi connectivity index (χ3n) is 15.7. The van der Waals surface area contributed by atoms with Crippen molar-refractivity contribution in [3.63, 3.8) is 0 Å². The molecule has 4 fully saturated rings. The van der Waals surface area contributed by atoms with Gasteiger partial charge in [0.25, 0.3) is 11.1 Å². The lowest BCUT2D eigenvalue weighted by Crippen LogP contribution is -2.63. The van der Waals surface area contributed by atoms with Crippen LogP contribution in [0.1, 0.15) is 87.0 Å². The smallest absolute Gasteiger partial charge is 0.410 e. The van der Waals surface area contributed by atoms with E-state index in [1.807, 2.05) is 71.5 Å². The van der Waals surface area contributed by atoms with Crippen molar-refractivity contribution in [1.29, 1.82) is 0 Å². The number of likely N-dealkylation sites (tertiary alicyclic amines) is 2. The maximum Gasteiger partial charge on any atom is 0.410 e. The van der Waals surface area contributed by atoms with E-state index in [9.17, 15) is 19.2 Å². The van der Waals surface area contributed by atoms with Gasteiger partial charge in [0.2, 0.25) is 11.9 Å². The van der Waals surface area contributed by atoms with Gasteiger partial charge in [0.05, 0.1) is 10.5 Å². The van der Waals surface area contributed by atoms with Crippen LogP contribution in [0.4, 0.5) is 21.5 Å². The van der Waals surface area contributed by atoms with Crippen LogP contribution >= 0.6 is 27.5 Å². The average Bonchev–Trinajstić information content (AvgIpc) is 2.15. The second kappa shape index (κ2) is 24.2. The highest BCUT2D eigenvalue weighted by Crippen LogP contribution is 2.39. The van der Waals surface area contributed by atoms with Crippen molar-refractivity contribution in [2.75, 3.05) is 49.2 Å². The summed E-state index contributed by atoms with van der Waals surface area (Å²) in [4.78, 5) is 71.9. The van der Waals surface area contributed by atoms with E-state index in [0.29, 0.717) is 101 Å². The molecule has 4 atom stereocenters. The molecule has 2 amide bonds. The largest absolute Gasteiger partial charge is 0.444 e. The summed E-state index contributed by atoms with van der Waals surface area (Å²) < 4.78 is 32.3. The molecule has 4 aliphatic heterocycles. The molecule has 0 spiro atoms. The highest BCUT2D eigenvalue weighted by molar-refractivity contribution is 9.10. The summed E-state index contributed by atoms with van der Waals surface area (Å²) in [7, 11) is 1.00. The predicted molar refractivity (Wildman–Crippen MR) is 334 cm³/mol. The second-order valence-electron chi connectivity index (χ2n) is 27.2. The minimum Gasteiger partial charge on any atom is -0.444 e. The van der Waals surface area contributed by atoms with Gasteiger partial charge in [-0.3, -0.25) is 23.4 Å². The summed E-state index contributed by atoms with van der Waals surface area (Å²) in [5, 5.41) is 16.2. The van der Waals surface area contributed by atoms with E-state index < -0.39 is 27.3 Å². The molecule has 26 heteroatoms. The highest BCUT2D eigenvalue weighted by atomic mass is 79.9. The lowest BCUT2D eigenvalue weighted by atomic mass is 9.91. The van der Waals surface area contributed by atoms with Gasteiger partial charge in [0.1, 0.15) is 45.7 Å². The molecule has 83 heavy (non-hydrogen) atoms. The Morgan fingerprint density at radius 2 is 1.10 bits per heavy atom. The van der Waals surface area contributed by atoms with E-state index >= 15 is 0 Å². The Hall–Kier alpha value is -5.35. The molecule has 0 aliphatic carbocycles. The number of carbonyl (C=O) groups is 2. The minimum atomic E-state index is -1.31. The Morgan fingerprint density at radius 3 is 1.53 bits per heavy atom. The van der Waals surface area contributed by atoms with Crippen molar-refractivity contribution in [1.82, 2.24) is 58.2 Å². The van der Waals surface area contributed by atoms with Crippen molar-refractivity contribution >= 4 is 101 Å². The number of aryl methyl sites for hydroxylation is 1. The number of amides is 2. The Balaban J connectivity index is 0.000000207. The normalized spacial score (nSPS) is 19.7. The number of aromatic nitrogens is 10. The van der Waals surface area contributed by atoms with E-state index in [1.165, 1.54) is 0 Å². The molecule has 22 nitrogen and oxygen atoms in total. The Labute approximate surface area is 501 Å². The molecule has 0 saturated carbocycles. The number of nitrogens with zero attached hydrogens (tertiary/aromatic N) is 14. The average molecular weight is 1270 g/mol. The topological polar surface area (TPSA) is 207 Å². The first-order valence-electron chi connectivity index (χ1n) is 29.3. The van der Waals surface area contributed by atoms with Gasteiger partial charge in [-0.25, -0.2) is 19.0 Å². The minimum absolute atomic E-state index is 0.00126. The van der Waals surface area contributed by atoms with Crippen molar-refractivity contribution in [2.24, 2.45) is 14.1 Å². The Bertz CT molecular complexity index is 3470. The lowest BCUT2D eigenvalue weighted by molar-refractivity contribution is 0.0144. The zero-order chi connectivity index (χ0) is 60.2. The van der Waals surface area contributed by atoms with Crippen LogP contribution in [0.2, 0.25) is 56.4 Å². The number of benzene rings is 1. The molecule has 4 aliphatic rings. The monoisotopic (exact) mass is 1260 g/mol. The molecular weight excluding hydrogens is 1180 g/mol. The quantitative estimate of drug-likeness (QED) is 0.0734. The number of piperidine rings is 2. The summed E-state index contributed by atoms with van der Waals surface area (Å²) >= 11 is 10.5. The molecule has 454 valence electrons. The van der Waals surface area contributed by atoms with Crippen LogP contribution in [0.5, 0.6) is 0 Å². The molecule has 6 aromatic rings. The SMILES string of the molecule is CCn1cc2c(Cl)c(-c3nn(COCC[Si](C)(C)C)c4nc(N5C6CCCC5CN(C(=O)OC(C)(C)C)C6)n(C)c(=O)c34)ccc2n1.Cn1c(N2C3CCCC2CN(C(=O)OC(C)(C)C)C3)nc2c(c(Br)nn2COCC[Si](C)(C)C)c1=O. The van der Waals surface area contributed by atoms with Gasteiger partial charge in [0.15, 0.2) is 11.3 Å². The van der Waals surface area contributed by atoms with Crippen LogP contribution in [0.15, 0.2) is 32.5 Å². The van der Waals surface area contributed by atoms with E-state index in [0.717, 1.165) is 61.5 Å². The van der Waals surface area contributed by atoms with Gasteiger partial charge < -0.3 is 38.5 Å². The van der Waals surface area contributed by atoms with Gasteiger partial charge >= 0.3 is 12.2 Å². The fourth-order valence-electron chi connectivity index (χ4n) is 11.5. The molecule has 4 bridgehead atoms. The molecule has 0 radical (unpaired) electrons. The molecule has 9 heterocycles. The van der Waals surface area contributed by atoms with Crippen molar-refractivity contribution in [3.05, 3.63) is 48.7 Å². The third kappa shape index (κ3) is 13.8. The molecule has 4 saturated heterocycles. The summed E-state index contributed by atoms with van der Waals surface area (Å²) in [6.07, 6.45) is 7.08. The first-order valence-corrected chi connectivity index (χ1v) is 37.9. The zero-order valence-corrected chi connectivity index (χ0v) is 55.7. The number of ether oxygens (including phenoxy) is 4. The number of hydrogen-bond donors (Lipinski definition) is 0. The summed E-state index contributed by atoms with van der Waals surface area (Å²) in [5.41, 5.74) is 1.41. The molecule has 1 aromatic carbocycles. The van der Waals surface area contributed by atoms with E-state index in [1.54, 1.807) is 42.4 Å². The van der Waals surface area contributed by atoms with Crippen LogP contribution < -0.4 is 20.9 Å². The van der Waals surface area contributed by atoms with Gasteiger partial charge in [-0.15, -0.1) is 0 Å². The molecule has 4 unspecified atom stereocenters. The molecule has 10 rings (SSSR count). The number of anilines is 2.